The molecule has 2 N–H and O–H groups in total. The first-order valence-corrected chi connectivity index (χ1v) is 6.65. The largest absolute Gasteiger partial charge is 0.378 e. The maximum atomic E-state index is 11.5. The average molecular weight is 269 g/mol. The van der Waals surface area contributed by atoms with Crippen LogP contribution in [-0.4, -0.2) is 17.9 Å². The van der Waals surface area contributed by atoms with Crippen molar-refractivity contribution in [3.8, 4) is 0 Å². The highest BCUT2D eigenvalue weighted by molar-refractivity contribution is 5.80. The number of hydrogen-bond acceptors (Lipinski definition) is 3. The lowest BCUT2D eigenvalue weighted by atomic mass is 10.1. The lowest BCUT2D eigenvalue weighted by Gasteiger charge is -2.18. The Kier molecular flexibility index (Phi) is 4.71. The van der Waals surface area contributed by atoms with Crippen LogP contribution in [0.3, 0.4) is 0 Å². The summed E-state index contributed by atoms with van der Waals surface area (Å²) in [7, 11) is 1.65. The minimum Gasteiger partial charge on any atom is -0.378 e. The topological polar surface area (TPSA) is 54.0 Å². The van der Waals surface area contributed by atoms with Crippen LogP contribution in [0.25, 0.3) is 0 Å². The molecule has 0 saturated heterocycles. The molecular formula is C16H19N3O. The quantitative estimate of drug-likeness (QED) is 0.877. The minimum atomic E-state index is 0.0100. The van der Waals surface area contributed by atoms with Gasteiger partial charge in [-0.1, -0.05) is 18.2 Å². The molecule has 0 radical (unpaired) electrons. The third-order valence-electron chi connectivity index (χ3n) is 3.23. The molecule has 0 aliphatic rings. The second kappa shape index (κ2) is 6.70. The summed E-state index contributed by atoms with van der Waals surface area (Å²) in [5.74, 6) is 0.0100. The van der Waals surface area contributed by atoms with Gasteiger partial charge in [-0.05, 0) is 36.2 Å². The summed E-state index contributed by atoms with van der Waals surface area (Å²) in [5, 5.41) is 6.10. The van der Waals surface area contributed by atoms with Gasteiger partial charge in [-0.15, -0.1) is 0 Å². The summed E-state index contributed by atoms with van der Waals surface area (Å²) in [4.78, 5) is 15.6. The Morgan fingerprint density at radius 1 is 1.20 bits per heavy atom. The number of nitrogens with one attached hydrogen (secondary N) is 2. The summed E-state index contributed by atoms with van der Waals surface area (Å²) in [5.41, 5.74) is 3.14. The van der Waals surface area contributed by atoms with E-state index in [0.717, 1.165) is 16.8 Å². The molecule has 1 atom stereocenters. The first-order chi connectivity index (χ1) is 9.70. The second-order valence-corrected chi connectivity index (χ2v) is 4.65. The number of nitrogens with zero attached hydrogens (tertiary/aromatic N) is 1. The lowest BCUT2D eigenvalue weighted by Crippen LogP contribution is -2.20. The molecule has 104 valence electrons. The summed E-state index contributed by atoms with van der Waals surface area (Å²) in [6.07, 6.45) is 3.94. The van der Waals surface area contributed by atoms with E-state index < -0.39 is 0 Å². The zero-order valence-corrected chi connectivity index (χ0v) is 11.8. The Morgan fingerprint density at radius 2 is 1.90 bits per heavy atom. The molecule has 0 saturated carbocycles. The number of rotatable bonds is 5. The summed E-state index contributed by atoms with van der Waals surface area (Å²) in [6.45, 7) is 2.09. The van der Waals surface area contributed by atoms with E-state index in [2.05, 4.69) is 22.5 Å². The molecule has 1 amide bonds. The summed E-state index contributed by atoms with van der Waals surface area (Å²) < 4.78 is 0. The van der Waals surface area contributed by atoms with Crippen LogP contribution in [0, 0.1) is 0 Å². The predicted molar refractivity (Wildman–Crippen MR) is 80.5 cm³/mol. The molecule has 1 aromatic heterocycles. The fourth-order valence-electron chi connectivity index (χ4n) is 2.05. The van der Waals surface area contributed by atoms with Gasteiger partial charge in [0.1, 0.15) is 0 Å². The number of anilines is 1. The van der Waals surface area contributed by atoms with Crippen molar-refractivity contribution in [2.24, 2.45) is 0 Å². The maximum Gasteiger partial charge on any atom is 0.224 e. The highest BCUT2D eigenvalue weighted by Crippen LogP contribution is 2.22. The molecule has 1 heterocycles. The summed E-state index contributed by atoms with van der Waals surface area (Å²) >= 11 is 0. The molecule has 20 heavy (non-hydrogen) atoms. The standard InChI is InChI=1S/C16H19N3O/c1-12(13-7-9-18-10-8-13)19-15-6-4-3-5-14(15)11-16(20)17-2/h3-10,12,19H,11H2,1-2H3,(H,17,20). The minimum absolute atomic E-state index is 0.0100. The SMILES string of the molecule is CNC(=O)Cc1ccccc1NC(C)c1ccncc1. The Bertz CT molecular complexity index is 569. The fourth-order valence-corrected chi connectivity index (χ4v) is 2.05. The molecule has 2 rings (SSSR count). The lowest BCUT2D eigenvalue weighted by molar-refractivity contribution is -0.119. The van der Waals surface area contributed by atoms with Crippen LogP contribution in [0.2, 0.25) is 0 Å². The van der Waals surface area contributed by atoms with Gasteiger partial charge in [-0.2, -0.15) is 0 Å². The van der Waals surface area contributed by atoms with E-state index in [9.17, 15) is 4.79 Å². The van der Waals surface area contributed by atoms with Crippen LogP contribution < -0.4 is 10.6 Å². The average Bonchev–Trinajstić information content (AvgIpc) is 2.50. The van der Waals surface area contributed by atoms with Crippen LogP contribution in [-0.2, 0) is 11.2 Å². The second-order valence-electron chi connectivity index (χ2n) is 4.65. The van der Waals surface area contributed by atoms with Crippen molar-refractivity contribution in [1.29, 1.82) is 0 Å². The monoisotopic (exact) mass is 269 g/mol. The number of carbonyl (C=O) groups excluding carboxylic acids is 1. The van der Waals surface area contributed by atoms with E-state index in [-0.39, 0.29) is 11.9 Å². The van der Waals surface area contributed by atoms with Crippen LogP contribution >= 0.6 is 0 Å². The van der Waals surface area contributed by atoms with Gasteiger partial charge < -0.3 is 10.6 Å². The van der Waals surface area contributed by atoms with Gasteiger partial charge in [0.15, 0.2) is 0 Å². The third kappa shape index (κ3) is 3.57. The Balaban J connectivity index is 2.15. The Morgan fingerprint density at radius 3 is 2.60 bits per heavy atom. The number of para-hydroxylation sites is 1. The van der Waals surface area contributed by atoms with E-state index in [1.54, 1.807) is 19.4 Å². The molecule has 0 aliphatic carbocycles. The van der Waals surface area contributed by atoms with E-state index in [1.165, 1.54) is 0 Å². The maximum absolute atomic E-state index is 11.5. The van der Waals surface area contributed by atoms with E-state index in [1.807, 2.05) is 36.4 Å². The normalized spacial score (nSPS) is 11.7. The van der Waals surface area contributed by atoms with Crippen LogP contribution in [0.15, 0.2) is 48.8 Å². The molecule has 0 aliphatic heterocycles. The van der Waals surface area contributed by atoms with Crippen molar-refractivity contribution in [2.45, 2.75) is 19.4 Å². The van der Waals surface area contributed by atoms with Gasteiger partial charge in [0, 0.05) is 31.2 Å². The smallest absolute Gasteiger partial charge is 0.224 e. The van der Waals surface area contributed by atoms with Gasteiger partial charge in [0.2, 0.25) is 5.91 Å². The van der Waals surface area contributed by atoms with E-state index in [0.29, 0.717) is 6.42 Å². The molecule has 1 unspecified atom stereocenters. The van der Waals surface area contributed by atoms with Crippen molar-refractivity contribution in [3.63, 3.8) is 0 Å². The van der Waals surface area contributed by atoms with Gasteiger partial charge in [0.25, 0.3) is 0 Å². The summed E-state index contributed by atoms with van der Waals surface area (Å²) in [6, 6.07) is 12.0. The number of hydrogen-bond donors (Lipinski definition) is 2. The van der Waals surface area contributed by atoms with Gasteiger partial charge in [-0.25, -0.2) is 0 Å². The number of pyridine rings is 1. The number of carbonyl (C=O) groups is 1. The van der Waals surface area contributed by atoms with Crippen molar-refractivity contribution in [1.82, 2.24) is 10.3 Å². The van der Waals surface area contributed by atoms with Crippen LogP contribution in [0.1, 0.15) is 24.1 Å². The highest BCUT2D eigenvalue weighted by atomic mass is 16.1. The predicted octanol–water partition coefficient (Wildman–Crippen LogP) is 2.54. The van der Waals surface area contributed by atoms with E-state index >= 15 is 0 Å². The van der Waals surface area contributed by atoms with Gasteiger partial charge in [0.05, 0.1) is 6.42 Å². The zero-order chi connectivity index (χ0) is 14.4. The number of aromatic nitrogens is 1. The first kappa shape index (κ1) is 14.1. The molecule has 0 bridgehead atoms. The first-order valence-electron chi connectivity index (χ1n) is 6.65. The molecule has 2 aromatic rings. The molecule has 4 heteroatoms. The van der Waals surface area contributed by atoms with Crippen LogP contribution in [0.4, 0.5) is 5.69 Å². The molecule has 0 fully saturated rings. The molecule has 4 nitrogen and oxygen atoms in total. The molecule has 0 spiro atoms. The fraction of sp³-hybridized carbons (Fsp3) is 0.250. The Hall–Kier alpha value is -2.36. The molecule has 1 aromatic carbocycles. The highest BCUT2D eigenvalue weighted by Gasteiger charge is 2.10. The third-order valence-corrected chi connectivity index (χ3v) is 3.23. The van der Waals surface area contributed by atoms with E-state index in [4.69, 9.17) is 0 Å². The van der Waals surface area contributed by atoms with Crippen molar-refractivity contribution >= 4 is 11.6 Å². The van der Waals surface area contributed by atoms with Crippen molar-refractivity contribution in [3.05, 3.63) is 59.9 Å². The number of likely N-dealkylation sites (N-methyl/N-ethyl adjacent to an activating group) is 1. The molecular weight excluding hydrogens is 250 g/mol. The Labute approximate surface area is 119 Å². The van der Waals surface area contributed by atoms with Crippen LogP contribution in [0.5, 0.6) is 0 Å². The number of benzene rings is 1. The van der Waals surface area contributed by atoms with Gasteiger partial charge >= 0.3 is 0 Å². The van der Waals surface area contributed by atoms with Crippen molar-refractivity contribution in [2.75, 3.05) is 12.4 Å². The van der Waals surface area contributed by atoms with Gasteiger partial charge in [-0.3, -0.25) is 9.78 Å². The number of amides is 1. The van der Waals surface area contributed by atoms with Crippen molar-refractivity contribution < 1.29 is 4.79 Å². The zero-order valence-electron chi connectivity index (χ0n) is 11.8.